The number of aryl methyl sites for hydroxylation is 2. The zero-order valence-corrected chi connectivity index (χ0v) is 11.2. The highest BCUT2D eigenvalue weighted by Gasteiger charge is 2.21. The van der Waals surface area contributed by atoms with Crippen molar-refractivity contribution in [2.75, 3.05) is 13.6 Å². The van der Waals surface area contributed by atoms with Crippen LogP contribution in [-0.2, 0) is 0 Å². The Morgan fingerprint density at radius 1 is 1.35 bits per heavy atom. The van der Waals surface area contributed by atoms with Gasteiger partial charge in [0.15, 0.2) is 0 Å². The van der Waals surface area contributed by atoms with E-state index in [4.69, 9.17) is 4.42 Å². The lowest BCUT2D eigenvalue weighted by atomic mass is 10.1. The molecular formula is C13H21NO3. The average molecular weight is 239 g/mol. The van der Waals surface area contributed by atoms with Crippen molar-refractivity contribution in [2.24, 2.45) is 0 Å². The van der Waals surface area contributed by atoms with Gasteiger partial charge in [-0.05, 0) is 34.1 Å². The van der Waals surface area contributed by atoms with E-state index < -0.39 is 6.10 Å². The van der Waals surface area contributed by atoms with Crippen molar-refractivity contribution in [3.63, 3.8) is 0 Å². The smallest absolute Gasteiger partial charge is 0.257 e. The molecule has 1 N–H and O–H groups in total. The summed E-state index contributed by atoms with van der Waals surface area (Å²) in [5.74, 6) is 1.40. The number of carbonyl (C=O) groups excluding carboxylic acids is 1. The summed E-state index contributed by atoms with van der Waals surface area (Å²) in [5.41, 5.74) is 1.55. The molecule has 0 aliphatic carbocycles. The van der Waals surface area contributed by atoms with Crippen LogP contribution in [-0.4, -0.2) is 35.6 Å². The molecule has 0 aliphatic heterocycles. The minimum absolute atomic E-state index is 0.0440. The molecular weight excluding hydrogens is 218 g/mol. The molecule has 4 nitrogen and oxygen atoms in total. The number of nitrogens with zero attached hydrogens (tertiary/aromatic N) is 1. The Morgan fingerprint density at radius 3 is 2.35 bits per heavy atom. The molecule has 0 aromatic carbocycles. The van der Waals surface area contributed by atoms with Crippen LogP contribution in [0, 0.1) is 20.8 Å². The van der Waals surface area contributed by atoms with Crippen LogP contribution in [0.15, 0.2) is 4.42 Å². The Kier molecular flexibility index (Phi) is 4.34. The van der Waals surface area contributed by atoms with Gasteiger partial charge in [-0.2, -0.15) is 0 Å². The van der Waals surface area contributed by atoms with Crippen molar-refractivity contribution >= 4 is 5.91 Å². The maximum absolute atomic E-state index is 12.2. The minimum Gasteiger partial charge on any atom is -0.466 e. The summed E-state index contributed by atoms with van der Waals surface area (Å²) in [6.45, 7) is 7.81. The van der Waals surface area contributed by atoms with E-state index in [2.05, 4.69) is 0 Å². The van der Waals surface area contributed by atoms with Gasteiger partial charge in [-0.3, -0.25) is 4.79 Å². The molecule has 1 atom stereocenters. The van der Waals surface area contributed by atoms with Crippen LogP contribution in [0.1, 0.15) is 40.8 Å². The van der Waals surface area contributed by atoms with E-state index in [1.54, 1.807) is 25.8 Å². The highest BCUT2D eigenvalue weighted by Crippen LogP contribution is 2.22. The summed E-state index contributed by atoms with van der Waals surface area (Å²) in [4.78, 5) is 13.8. The molecule has 1 aromatic rings. The SMILES string of the molecule is Cc1oc(C)c(C(=O)N(C)CCC(C)O)c1C. The first-order valence-corrected chi connectivity index (χ1v) is 5.84. The molecule has 4 heteroatoms. The van der Waals surface area contributed by atoms with Crippen LogP contribution in [0.25, 0.3) is 0 Å². The van der Waals surface area contributed by atoms with Crippen molar-refractivity contribution in [1.82, 2.24) is 4.90 Å². The fraction of sp³-hybridized carbons (Fsp3) is 0.615. The molecule has 1 rings (SSSR count). The summed E-state index contributed by atoms with van der Waals surface area (Å²) >= 11 is 0. The first-order chi connectivity index (χ1) is 7.84. The van der Waals surface area contributed by atoms with Crippen molar-refractivity contribution in [3.05, 3.63) is 22.6 Å². The maximum Gasteiger partial charge on any atom is 0.257 e. The summed E-state index contributed by atoms with van der Waals surface area (Å²) in [5, 5.41) is 9.21. The lowest BCUT2D eigenvalue weighted by Gasteiger charge is -2.18. The molecule has 0 bridgehead atoms. The third kappa shape index (κ3) is 3.09. The van der Waals surface area contributed by atoms with Gasteiger partial charge >= 0.3 is 0 Å². The van der Waals surface area contributed by atoms with Gasteiger partial charge in [-0.1, -0.05) is 0 Å². The first kappa shape index (κ1) is 13.8. The van der Waals surface area contributed by atoms with Crippen LogP contribution in [0.3, 0.4) is 0 Å². The average Bonchev–Trinajstić information content (AvgIpc) is 2.49. The second-order valence-corrected chi connectivity index (χ2v) is 4.58. The van der Waals surface area contributed by atoms with Gasteiger partial charge in [-0.15, -0.1) is 0 Å². The Bertz CT molecular complexity index is 407. The largest absolute Gasteiger partial charge is 0.466 e. The number of aliphatic hydroxyl groups excluding tert-OH is 1. The van der Waals surface area contributed by atoms with Crippen molar-refractivity contribution < 1.29 is 14.3 Å². The van der Waals surface area contributed by atoms with Gasteiger partial charge in [0, 0.05) is 19.2 Å². The lowest BCUT2D eigenvalue weighted by molar-refractivity contribution is 0.0766. The lowest BCUT2D eigenvalue weighted by Crippen LogP contribution is -2.30. The molecule has 1 unspecified atom stereocenters. The number of amides is 1. The van der Waals surface area contributed by atoms with Crippen LogP contribution in [0.4, 0.5) is 0 Å². The molecule has 0 saturated heterocycles. The van der Waals surface area contributed by atoms with Gasteiger partial charge in [0.25, 0.3) is 5.91 Å². The second-order valence-electron chi connectivity index (χ2n) is 4.58. The predicted octanol–water partition coefficient (Wildman–Crippen LogP) is 2.05. The second kappa shape index (κ2) is 5.36. The monoisotopic (exact) mass is 239 g/mol. The van der Waals surface area contributed by atoms with Gasteiger partial charge in [0.2, 0.25) is 0 Å². The summed E-state index contributed by atoms with van der Waals surface area (Å²) in [7, 11) is 1.74. The number of hydrogen-bond donors (Lipinski definition) is 1. The van der Waals surface area contributed by atoms with Gasteiger partial charge in [-0.25, -0.2) is 0 Å². The molecule has 1 amide bonds. The van der Waals surface area contributed by atoms with Gasteiger partial charge in [0.1, 0.15) is 11.5 Å². The highest BCUT2D eigenvalue weighted by molar-refractivity contribution is 5.96. The molecule has 0 aliphatic rings. The first-order valence-electron chi connectivity index (χ1n) is 5.84. The Hall–Kier alpha value is -1.29. The number of rotatable bonds is 4. The van der Waals surface area contributed by atoms with Crippen LogP contribution < -0.4 is 0 Å². The third-order valence-corrected chi connectivity index (χ3v) is 3.00. The van der Waals surface area contributed by atoms with E-state index in [0.717, 1.165) is 11.3 Å². The molecule has 1 aromatic heterocycles. The van der Waals surface area contributed by atoms with Crippen LogP contribution >= 0.6 is 0 Å². The standard InChI is InChI=1S/C13H21NO3/c1-8(15)6-7-14(5)13(16)12-9(2)10(3)17-11(12)4/h8,15H,6-7H2,1-5H3. The molecule has 0 spiro atoms. The molecule has 0 radical (unpaired) electrons. The van der Waals surface area contributed by atoms with E-state index in [1.165, 1.54) is 0 Å². The van der Waals surface area contributed by atoms with Gasteiger partial charge in [0.05, 0.1) is 11.7 Å². The van der Waals surface area contributed by atoms with E-state index in [-0.39, 0.29) is 5.91 Å². The highest BCUT2D eigenvalue weighted by atomic mass is 16.3. The van der Waals surface area contributed by atoms with Crippen LogP contribution in [0.5, 0.6) is 0 Å². The van der Waals surface area contributed by atoms with Crippen LogP contribution in [0.2, 0.25) is 0 Å². The minimum atomic E-state index is -0.390. The molecule has 0 saturated carbocycles. The zero-order valence-electron chi connectivity index (χ0n) is 11.2. The molecule has 96 valence electrons. The topological polar surface area (TPSA) is 53.7 Å². The van der Waals surface area contributed by atoms with Crippen molar-refractivity contribution in [3.8, 4) is 0 Å². The quantitative estimate of drug-likeness (QED) is 0.874. The zero-order chi connectivity index (χ0) is 13.2. The maximum atomic E-state index is 12.2. The van der Waals surface area contributed by atoms with E-state index in [9.17, 15) is 9.90 Å². The Balaban J connectivity index is 2.82. The normalized spacial score (nSPS) is 12.6. The fourth-order valence-corrected chi connectivity index (χ4v) is 1.78. The number of hydrogen-bond acceptors (Lipinski definition) is 3. The summed E-state index contributed by atoms with van der Waals surface area (Å²) in [6, 6.07) is 0. The fourth-order valence-electron chi connectivity index (χ4n) is 1.78. The summed E-state index contributed by atoms with van der Waals surface area (Å²) in [6.07, 6.45) is 0.190. The van der Waals surface area contributed by atoms with E-state index in [1.807, 2.05) is 13.8 Å². The number of aliphatic hydroxyl groups is 1. The number of carbonyl (C=O) groups is 1. The van der Waals surface area contributed by atoms with E-state index >= 15 is 0 Å². The van der Waals surface area contributed by atoms with Gasteiger partial charge < -0.3 is 14.4 Å². The molecule has 0 fully saturated rings. The number of furan rings is 1. The summed E-state index contributed by atoms with van der Waals surface area (Å²) < 4.78 is 5.45. The van der Waals surface area contributed by atoms with Crippen molar-refractivity contribution in [1.29, 1.82) is 0 Å². The molecule has 1 heterocycles. The predicted molar refractivity (Wildman–Crippen MR) is 66.2 cm³/mol. The third-order valence-electron chi connectivity index (χ3n) is 3.00. The van der Waals surface area contributed by atoms with E-state index in [0.29, 0.717) is 24.3 Å². The van der Waals surface area contributed by atoms with Crippen molar-refractivity contribution in [2.45, 2.75) is 40.2 Å². The Labute approximate surface area is 102 Å². The molecule has 17 heavy (non-hydrogen) atoms. The Morgan fingerprint density at radius 2 is 1.94 bits per heavy atom.